The van der Waals surface area contributed by atoms with Crippen molar-refractivity contribution in [2.24, 2.45) is 0 Å². The summed E-state index contributed by atoms with van der Waals surface area (Å²) in [6.07, 6.45) is 7.77. The van der Waals surface area contributed by atoms with Gasteiger partial charge in [0, 0.05) is 5.75 Å². The smallest absolute Gasteiger partial charge is 0.162 e. The summed E-state index contributed by atoms with van der Waals surface area (Å²) in [4.78, 5) is 8.87. The van der Waals surface area contributed by atoms with Crippen LogP contribution >= 0.6 is 11.8 Å². The van der Waals surface area contributed by atoms with Crippen LogP contribution < -0.4 is 0 Å². The summed E-state index contributed by atoms with van der Waals surface area (Å²) in [5.41, 5.74) is 3.28. The van der Waals surface area contributed by atoms with Crippen molar-refractivity contribution in [2.45, 2.75) is 11.6 Å². The lowest BCUT2D eigenvalue weighted by molar-refractivity contribution is 0.703. The van der Waals surface area contributed by atoms with E-state index in [1.165, 1.54) is 11.1 Å². The SMILES string of the molecule is C(=Cc1ccccc1)CSc1ncnc2c1cnn2Cc1ccccc1. The molecule has 2 aromatic carbocycles. The zero-order valence-electron chi connectivity index (χ0n) is 14.2. The minimum Gasteiger partial charge on any atom is -0.243 e. The van der Waals surface area contributed by atoms with Crippen molar-refractivity contribution in [3.05, 3.63) is 90.4 Å². The van der Waals surface area contributed by atoms with E-state index in [1.807, 2.05) is 47.3 Å². The Kier molecular flexibility index (Phi) is 5.07. The highest BCUT2D eigenvalue weighted by Gasteiger charge is 2.10. The Morgan fingerprint density at radius 1 is 0.923 bits per heavy atom. The van der Waals surface area contributed by atoms with E-state index in [-0.39, 0.29) is 0 Å². The number of thioether (sulfide) groups is 1. The van der Waals surface area contributed by atoms with Crippen molar-refractivity contribution in [3.8, 4) is 0 Å². The molecular weight excluding hydrogens is 340 g/mol. The Hall–Kier alpha value is -2.92. The van der Waals surface area contributed by atoms with Crippen LogP contribution in [0.4, 0.5) is 0 Å². The second-order valence-corrected chi connectivity index (χ2v) is 6.84. The molecule has 2 aromatic heterocycles. The fourth-order valence-electron chi connectivity index (χ4n) is 2.73. The Morgan fingerprint density at radius 2 is 1.69 bits per heavy atom. The van der Waals surface area contributed by atoms with Gasteiger partial charge in [0.15, 0.2) is 5.65 Å². The molecule has 0 atom stereocenters. The third kappa shape index (κ3) is 3.83. The molecule has 0 spiro atoms. The lowest BCUT2D eigenvalue weighted by Gasteiger charge is -2.04. The summed E-state index contributed by atoms with van der Waals surface area (Å²) >= 11 is 1.70. The van der Waals surface area contributed by atoms with Crippen LogP contribution in [0.1, 0.15) is 11.1 Å². The predicted octanol–water partition coefficient (Wildman–Crippen LogP) is 4.68. The van der Waals surface area contributed by atoms with Gasteiger partial charge in [-0.3, -0.25) is 0 Å². The summed E-state index contributed by atoms with van der Waals surface area (Å²) in [7, 11) is 0. The molecule has 0 radical (unpaired) electrons. The van der Waals surface area contributed by atoms with Crippen molar-refractivity contribution in [3.63, 3.8) is 0 Å². The molecule has 4 nitrogen and oxygen atoms in total. The van der Waals surface area contributed by atoms with E-state index in [2.05, 4.69) is 51.5 Å². The maximum Gasteiger partial charge on any atom is 0.162 e. The van der Waals surface area contributed by atoms with E-state index in [1.54, 1.807) is 18.1 Å². The summed E-state index contributed by atoms with van der Waals surface area (Å²) in [5.74, 6) is 0.852. The molecule has 4 aromatic rings. The van der Waals surface area contributed by atoms with E-state index in [0.29, 0.717) is 6.54 Å². The van der Waals surface area contributed by atoms with Gasteiger partial charge in [-0.25, -0.2) is 14.6 Å². The number of fused-ring (bicyclic) bond motifs is 1. The molecule has 26 heavy (non-hydrogen) atoms. The number of hydrogen-bond acceptors (Lipinski definition) is 4. The van der Waals surface area contributed by atoms with Gasteiger partial charge in [-0.2, -0.15) is 5.10 Å². The summed E-state index contributed by atoms with van der Waals surface area (Å²) < 4.78 is 1.93. The first-order valence-electron chi connectivity index (χ1n) is 8.45. The molecule has 0 unspecified atom stereocenters. The van der Waals surface area contributed by atoms with Gasteiger partial charge < -0.3 is 0 Å². The quantitative estimate of drug-likeness (QED) is 0.371. The topological polar surface area (TPSA) is 43.6 Å². The Bertz CT molecular complexity index is 1010. The van der Waals surface area contributed by atoms with E-state index < -0.39 is 0 Å². The van der Waals surface area contributed by atoms with Crippen LogP contribution in [0.2, 0.25) is 0 Å². The zero-order chi connectivity index (χ0) is 17.6. The summed E-state index contributed by atoms with van der Waals surface area (Å²) in [6.45, 7) is 0.708. The highest BCUT2D eigenvalue weighted by molar-refractivity contribution is 7.99. The number of aromatic nitrogens is 4. The van der Waals surface area contributed by atoms with Crippen molar-refractivity contribution < 1.29 is 0 Å². The average molecular weight is 358 g/mol. The van der Waals surface area contributed by atoms with Gasteiger partial charge in [-0.15, -0.1) is 11.8 Å². The van der Waals surface area contributed by atoms with Gasteiger partial charge in [0.1, 0.15) is 11.4 Å². The third-order valence-electron chi connectivity index (χ3n) is 4.00. The van der Waals surface area contributed by atoms with Gasteiger partial charge in [0.05, 0.1) is 18.1 Å². The van der Waals surface area contributed by atoms with E-state index in [9.17, 15) is 0 Å². The predicted molar refractivity (Wildman–Crippen MR) is 107 cm³/mol. The molecule has 5 heteroatoms. The number of hydrogen-bond donors (Lipinski definition) is 0. The van der Waals surface area contributed by atoms with Crippen LogP contribution in [-0.2, 0) is 6.54 Å². The van der Waals surface area contributed by atoms with Crippen LogP contribution in [0.15, 0.2) is 84.3 Å². The van der Waals surface area contributed by atoms with E-state index in [4.69, 9.17) is 0 Å². The summed E-state index contributed by atoms with van der Waals surface area (Å²) in [6, 6.07) is 20.6. The van der Waals surface area contributed by atoms with Crippen molar-refractivity contribution >= 4 is 28.9 Å². The van der Waals surface area contributed by atoms with Gasteiger partial charge in [0.2, 0.25) is 0 Å². The molecule has 0 fully saturated rings. The van der Waals surface area contributed by atoms with Crippen LogP contribution in [0.5, 0.6) is 0 Å². The first-order valence-corrected chi connectivity index (χ1v) is 9.43. The fraction of sp³-hybridized carbons (Fsp3) is 0.0952. The van der Waals surface area contributed by atoms with Crippen molar-refractivity contribution in [1.82, 2.24) is 19.7 Å². The number of benzene rings is 2. The first kappa shape index (κ1) is 16.5. The lowest BCUT2D eigenvalue weighted by atomic mass is 10.2. The van der Waals surface area contributed by atoms with Gasteiger partial charge in [0.25, 0.3) is 0 Å². The van der Waals surface area contributed by atoms with Gasteiger partial charge >= 0.3 is 0 Å². The maximum absolute atomic E-state index is 4.51. The maximum atomic E-state index is 4.51. The number of nitrogens with zero attached hydrogens (tertiary/aromatic N) is 4. The molecule has 0 aliphatic heterocycles. The van der Waals surface area contributed by atoms with Crippen LogP contribution in [0.25, 0.3) is 17.1 Å². The minimum absolute atomic E-state index is 0.708. The minimum atomic E-state index is 0.708. The second kappa shape index (κ2) is 7.97. The molecule has 0 aliphatic carbocycles. The molecule has 0 saturated carbocycles. The molecule has 0 saturated heterocycles. The molecule has 2 heterocycles. The number of rotatable bonds is 6. The largest absolute Gasteiger partial charge is 0.243 e. The fourth-order valence-corrected chi connectivity index (χ4v) is 3.51. The van der Waals surface area contributed by atoms with E-state index >= 15 is 0 Å². The van der Waals surface area contributed by atoms with Crippen molar-refractivity contribution in [2.75, 3.05) is 5.75 Å². The summed E-state index contributed by atoms with van der Waals surface area (Å²) in [5, 5.41) is 6.48. The lowest BCUT2D eigenvalue weighted by Crippen LogP contribution is -2.02. The average Bonchev–Trinajstić information content (AvgIpc) is 3.10. The van der Waals surface area contributed by atoms with Gasteiger partial charge in [-0.05, 0) is 11.1 Å². The first-order chi connectivity index (χ1) is 12.9. The normalized spacial score (nSPS) is 11.4. The molecule has 128 valence electrons. The Labute approximate surface area is 156 Å². The molecular formula is C21H18N4S. The molecule has 0 bridgehead atoms. The molecule has 0 amide bonds. The van der Waals surface area contributed by atoms with Crippen molar-refractivity contribution in [1.29, 1.82) is 0 Å². The highest BCUT2D eigenvalue weighted by atomic mass is 32.2. The zero-order valence-corrected chi connectivity index (χ0v) is 15.0. The molecule has 0 N–H and O–H groups in total. The molecule has 0 aliphatic rings. The van der Waals surface area contributed by atoms with Gasteiger partial charge in [-0.1, -0.05) is 72.8 Å². The van der Waals surface area contributed by atoms with Crippen LogP contribution in [0, 0.1) is 0 Å². The molecule has 4 rings (SSSR count). The Morgan fingerprint density at radius 3 is 2.50 bits per heavy atom. The van der Waals surface area contributed by atoms with E-state index in [0.717, 1.165) is 21.8 Å². The second-order valence-electron chi connectivity index (χ2n) is 5.83. The monoisotopic (exact) mass is 358 g/mol. The third-order valence-corrected chi connectivity index (χ3v) is 4.96. The Balaban J connectivity index is 1.49. The van der Waals surface area contributed by atoms with Crippen LogP contribution in [0.3, 0.4) is 0 Å². The highest BCUT2D eigenvalue weighted by Crippen LogP contribution is 2.24. The standard InChI is InChI=1S/C21H18N4S/c1-3-8-17(9-4-1)12-7-13-26-21-19-14-24-25(20(19)22-16-23-21)15-18-10-5-2-6-11-18/h1-12,14,16H,13,15H2. The van der Waals surface area contributed by atoms with Crippen LogP contribution in [-0.4, -0.2) is 25.5 Å².